The maximum absolute atomic E-state index is 14.0. The SMILES string of the molecule is COc1nc2c(CCN3CCC(NCc4ccc5c(c4)NC(=O)CO5)CC3)c(Cl)cnc2cc1F. The van der Waals surface area contributed by atoms with Gasteiger partial charge in [0.05, 0.1) is 28.9 Å². The molecule has 5 rings (SSSR count). The van der Waals surface area contributed by atoms with Crippen molar-refractivity contribution in [3.63, 3.8) is 0 Å². The third-order valence-corrected chi connectivity index (χ3v) is 6.87. The lowest BCUT2D eigenvalue weighted by Crippen LogP contribution is -2.42. The monoisotopic (exact) mass is 499 g/mol. The molecule has 2 aromatic heterocycles. The molecule has 1 fully saturated rings. The minimum atomic E-state index is -0.538. The molecule has 0 atom stereocenters. The van der Waals surface area contributed by atoms with Gasteiger partial charge in [0.15, 0.2) is 12.4 Å². The number of piperidine rings is 1. The van der Waals surface area contributed by atoms with E-state index in [1.165, 1.54) is 13.2 Å². The Labute approximate surface area is 207 Å². The van der Waals surface area contributed by atoms with Crippen LogP contribution >= 0.6 is 11.6 Å². The molecule has 10 heteroatoms. The smallest absolute Gasteiger partial charge is 0.262 e. The maximum Gasteiger partial charge on any atom is 0.262 e. The van der Waals surface area contributed by atoms with Crippen molar-refractivity contribution in [2.75, 3.05) is 38.7 Å². The number of pyridine rings is 2. The molecule has 0 aliphatic carbocycles. The van der Waals surface area contributed by atoms with Gasteiger partial charge in [-0.15, -0.1) is 0 Å². The van der Waals surface area contributed by atoms with E-state index in [-0.39, 0.29) is 18.4 Å². The van der Waals surface area contributed by atoms with Crippen LogP contribution in [0.5, 0.6) is 11.6 Å². The molecule has 35 heavy (non-hydrogen) atoms. The molecule has 184 valence electrons. The van der Waals surface area contributed by atoms with E-state index in [1.54, 1.807) is 6.20 Å². The predicted octanol–water partition coefficient (Wildman–Crippen LogP) is 3.56. The van der Waals surface area contributed by atoms with E-state index in [0.717, 1.165) is 55.8 Å². The first-order chi connectivity index (χ1) is 17.0. The zero-order valence-electron chi connectivity index (χ0n) is 19.4. The number of benzene rings is 1. The van der Waals surface area contributed by atoms with Gasteiger partial charge in [0.1, 0.15) is 5.75 Å². The zero-order chi connectivity index (χ0) is 24.4. The second-order valence-electron chi connectivity index (χ2n) is 8.85. The van der Waals surface area contributed by atoms with Gasteiger partial charge in [-0.3, -0.25) is 9.78 Å². The van der Waals surface area contributed by atoms with Crippen LogP contribution in [0.2, 0.25) is 5.02 Å². The number of anilines is 1. The standard InChI is InChI=1S/C25H27ClFN5O3/c1-34-25-19(27)11-21-24(31-25)17(18(26)13-29-21)6-9-32-7-4-16(5-8-32)28-12-15-2-3-22-20(10-15)30-23(33)14-35-22/h2-3,10-11,13,16,28H,4-9,12,14H2,1H3,(H,30,33). The van der Waals surface area contributed by atoms with Gasteiger partial charge in [0, 0.05) is 37.0 Å². The molecule has 1 amide bonds. The summed E-state index contributed by atoms with van der Waals surface area (Å²) < 4.78 is 24.5. The first-order valence-electron chi connectivity index (χ1n) is 11.7. The number of halogens is 2. The van der Waals surface area contributed by atoms with Crippen molar-refractivity contribution >= 4 is 34.2 Å². The number of amides is 1. The number of likely N-dealkylation sites (tertiary alicyclic amines) is 1. The number of hydrogen-bond donors (Lipinski definition) is 2. The van der Waals surface area contributed by atoms with Crippen molar-refractivity contribution in [1.29, 1.82) is 0 Å². The highest BCUT2D eigenvalue weighted by molar-refractivity contribution is 6.32. The molecule has 8 nitrogen and oxygen atoms in total. The summed E-state index contributed by atoms with van der Waals surface area (Å²) in [4.78, 5) is 22.5. The van der Waals surface area contributed by atoms with Crippen LogP contribution in [0.1, 0.15) is 24.0 Å². The summed E-state index contributed by atoms with van der Waals surface area (Å²) in [6.45, 7) is 3.57. The Kier molecular flexibility index (Phi) is 6.99. The fourth-order valence-corrected chi connectivity index (χ4v) is 4.85. The number of methoxy groups -OCH3 is 1. The first-order valence-corrected chi connectivity index (χ1v) is 12.1. The highest BCUT2D eigenvalue weighted by Gasteiger charge is 2.21. The van der Waals surface area contributed by atoms with E-state index in [4.69, 9.17) is 21.1 Å². The molecule has 1 aromatic carbocycles. The van der Waals surface area contributed by atoms with E-state index in [9.17, 15) is 9.18 Å². The Bertz CT molecular complexity index is 1250. The van der Waals surface area contributed by atoms with E-state index in [0.29, 0.717) is 34.3 Å². The minimum absolute atomic E-state index is 0.0523. The van der Waals surface area contributed by atoms with Gasteiger partial charge in [-0.1, -0.05) is 17.7 Å². The molecule has 0 spiro atoms. The summed E-state index contributed by atoms with van der Waals surface area (Å²) in [6, 6.07) is 7.65. The molecule has 4 heterocycles. The third-order valence-electron chi connectivity index (χ3n) is 6.55. The number of nitrogens with zero attached hydrogens (tertiary/aromatic N) is 3. The molecular formula is C25H27ClFN5O3. The molecular weight excluding hydrogens is 473 g/mol. The number of fused-ring (bicyclic) bond motifs is 2. The summed E-state index contributed by atoms with van der Waals surface area (Å²) in [5, 5.41) is 7.02. The van der Waals surface area contributed by atoms with Crippen molar-refractivity contribution in [1.82, 2.24) is 20.2 Å². The molecule has 2 N–H and O–H groups in total. The second-order valence-corrected chi connectivity index (χ2v) is 9.25. The van der Waals surface area contributed by atoms with Crippen LogP contribution in [0, 0.1) is 5.82 Å². The number of ether oxygens (including phenoxy) is 2. The number of hydrogen-bond acceptors (Lipinski definition) is 7. The molecule has 0 radical (unpaired) electrons. The molecule has 3 aromatic rings. The normalized spacial score (nSPS) is 16.6. The van der Waals surface area contributed by atoms with Crippen LogP contribution < -0.4 is 20.1 Å². The Hall–Kier alpha value is -3.01. The van der Waals surface area contributed by atoms with Crippen molar-refractivity contribution in [3.8, 4) is 11.6 Å². The summed E-state index contributed by atoms with van der Waals surface area (Å²) in [5.41, 5.74) is 3.75. The number of nitrogens with one attached hydrogen (secondary N) is 2. The number of carbonyl (C=O) groups is 1. The minimum Gasteiger partial charge on any atom is -0.482 e. The van der Waals surface area contributed by atoms with Crippen LogP contribution in [0.15, 0.2) is 30.5 Å². The molecule has 2 aliphatic rings. The predicted molar refractivity (Wildman–Crippen MR) is 132 cm³/mol. The van der Waals surface area contributed by atoms with Gasteiger partial charge in [-0.05, 0) is 50.0 Å². The van der Waals surface area contributed by atoms with Crippen LogP contribution in [0.25, 0.3) is 11.0 Å². The lowest BCUT2D eigenvalue weighted by Gasteiger charge is -2.32. The van der Waals surface area contributed by atoms with Crippen molar-refractivity contribution in [3.05, 3.63) is 52.4 Å². The van der Waals surface area contributed by atoms with Crippen LogP contribution in [0.4, 0.5) is 10.1 Å². The quantitative estimate of drug-likeness (QED) is 0.514. The Morgan fingerprint density at radius 2 is 2.14 bits per heavy atom. The van der Waals surface area contributed by atoms with Crippen molar-refractivity contribution < 1.29 is 18.7 Å². The third kappa shape index (κ3) is 5.32. The van der Waals surface area contributed by atoms with Crippen molar-refractivity contribution in [2.24, 2.45) is 0 Å². The topological polar surface area (TPSA) is 88.6 Å². The zero-order valence-corrected chi connectivity index (χ0v) is 20.2. The fraction of sp³-hybridized carbons (Fsp3) is 0.400. The molecule has 0 unspecified atom stereocenters. The van der Waals surface area contributed by atoms with Crippen LogP contribution in [-0.2, 0) is 17.8 Å². The Morgan fingerprint density at radius 1 is 1.31 bits per heavy atom. The van der Waals surface area contributed by atoms with Gasteiger partial charge in [0.2, 0.25) is 0 Å². The average Bonchev–Trinajstić information content (AvgIpc) is 2.87. The maximum atomic E-state index is 14.0. The van der Waals surface area contributed by atoms with E-state index >= 15 is 0 Å². The second kappa shape index (κ2) is 10.3. The van der Waals surface area contributed by atoms with Gasteiger partial charge in [-0.25, -0.2) is 9.37 Å². The Morgan fingerprint density at radius 3 is 2.94 bits per heavy atom. The average molecular weight is 500 g/mol. The lowest BCUT2D eigenvalue weighted by atomic mass is 10.0. The number of carbonyl (C=O) groups excluding carboxylic acids is 1. The molecule has 0 saturated carbocycles. The summed E-state index contributed by atoms with van der Waals surface area (Å²) in [6.07, 6.45) is 4.32. The number of rotatable bonds is 7. The Balaban J connectivity index is 1.14. The highest BCUT2D eigenvalue weighted by Crippen LogP contribution is 2.29. The lowest BCUT2D eigenvalue weighted by molar-refractivity contribution is -0.118. The number of aromatic nitrogens is 2. The van der Waals surface area contributed by atoms with E-state index in [2.05, 4.69) is 25.5 Å². The van der Waals surface area contributed by atoms with Gasteiger partial charge < -0.3 is 25.0 Å². The van der Waals surface area contributed by atoms with Crippen molar-refractivity contribution in [2.45, 2.75) is 31.8 Å². The molecule has 1 saturated heterocycles. The highest BCUT2D eigenvalue weighted by atomic mass is 35.5. The molecule has 0 bridgehead atoms. The first kappa shape index (κ1) is 23.7. The van der Waals surface area contributed by atoms with E-state index in [1.807, 2.05) is 18.2 Å². The summed E-state index contributed by atoms with van der Waals surface area (Å²) in [7, 11) is 1.39. The fourth-order valence-electron chi connectivity index (χ4n) is 4.61. The van der Waals surface area contributed by atoms with Gasteiger partial charge in [0.25, 0.3) is 11.8 Å². The van der Waals surface area contributed by atoms with E-state index < -0.39 is 5.82 Å². The van der Waals surface area contributed by atoms with Gasteiger partial charge >= 0.3 is 0 Å². The largest absolute Gasteiger partial charge is 0.482 e. The van der Waals surface area contributed by atoms with Gasteiger partial charge in [-0.2, -0.15) is 0 Å². The molecule has 2 aliphatic heterocycles. The summed E-state index contributed by atoms with van der Waals surface area (Å²) >= 11 is 6.43. The van der Waals surface area contributed by atoms with Crippen LogP contribution in [-0.4, -0.2) is 60.2 Å². The van der Waals surface area contributed by atoms with Crippen LogP contribution in [0.3, 0.4) is 0 Å². The summed E-state index contributed by atoms with van der Waals surface area (Å²) in [5.74, 6) is -0.00649.